The lowest BCUT2D eigenvalue weighted by atomic mass is 9.72. The summed E-state index contributed by atoms with van der Waals surface area (Å²) in [6.07, 6.45) is 5.74. The smallest absolute Gasteiger partial charge is 0.0900 e. The van der Waals surface area contributed by atoms with E-state index in [9.17, 15) is 10.2 Å². The first-order valence-electron chi connectivity index (χ1n) is 10.6. The van der Waals surface area contributed by atoms with Crippen LogP contribution in [0.25, 0.3) is 0 Å². The Labute approximate surface area is 161 Å². The zero-order chi connectivity index (χ0) is 19.8. The lowest BCUT2D eigenvalue weighted by Crippen LogP contribution is -2.63. The van der Waals surface area contributed by atoms with Crippen molar-refractivity contribution in [2.24, 2.45) is 11.3 Å². The molecule has 1 aliphatic carbocycles. The lowest BCUT2D eigenvalue weighted by Gasteiger charge is -2.55. The molecule has 0 radical (unpaired) electrons. The maximum Gasteiger partial charge on any atom is 0.0900 e. The summed E-state index contributed by atoms with van der Waals surface area (Å²) < 4.78 is 6.08. The summed E-state index contributed by atoms with van der Waals surface area (Å²) in [5.74, 6) is 0.786. The van der Waals surface area contributed by atoms with Crippen molar-refractivity contribution >= 4 is 0 Å². The fourth-order valence-electron chi connectivity index (χ4n) is 5.37. The van der Waals surface area contributed by atoms with Crippen LogP contribution in [0.5, 0.6) is 0 Å². The van der Waals surface area contributed by atoms with Gasteiger partial charge in [0.2, 0.25) is 0 Å². The molecular formula is C22H43NO3. The van der Waals surface area contributed by atoms with Crippen molar-refractivity contribution in [2.75, 3.05) is 13.2 Å². The van der Waals surface area contributed by atoms with Gasteiger partial charge in [-0.2, -0.15) is 0 Å². The number of aliphatic hydroxyl groups excluding tert-OH is 2. The minimum absolute atomic E-state index is 0.118. The molecule has 0 spiro atoms. The van der Waals surface area contributed by atoms with Crippen LogP contribution in [0.3, 0.4) is 0 Å². The zero-order valence-electron chi connectivity index (χ0n) is 18.2. The van der Waals surface area contributed by atoms with Crippen LogP contribution in [0.4, 0.5) is 0 Å². The van der Waals surface area contributed by atoms with Gasteiger partial charge in [0.05, 0.1) is 24.9 Å². The Bertz CT molecular complexity index is 429. The standard InChI is InChI=1S/C22H43NO3/c1-20(2,3)16-8-10-19(11-9-16)26-15-18(25)14-23-21(4,5)12-17(24)13-22(23,6)7/h16-19,24-25H,8-15H2,1-7H3/t16?,18-,19?/m1/s1. The second kappa shape index (κ2) is 8.06. The van der Waals surface area contributed by atoms with E-state index in [-0.39, 0.29) is 17.2 Å². The molecule has 2 fully saturated rings. The Morgan fingerprint density at radius 3 is 1.96 bits per heavy atom. The molecule has 154 valence electrons. The monoisotopic (exact) mass is 369 g/mol. The van der Waals surface area contributed by atoms with E-state index in [4.69, 9.17) is 4.74 Å². The molecule has 0 aromatic carbocycles. The number of hydrogen-bond donors (Lipinski definition) is 2. The molecule has 2 aliphatic rings. The van der Waals surface area contributed by atoms with Gasteiger partial charge in [0.25, 0.3) is 0 Å². The highest BCUT2D eigenvalue weighted by molar-refractivity contribution is 5.00. The van der Waals surface area contributed by atoms with Crippen molar-refractivity contribution in [3.63, 3.8) is 0 Å². The molecule has 0 bridgehead atoms. The van der Waals surface area contributed by atoms with Gasteiger partial charge in [0, 0.05) is 17.6 Å². The summed E-state index contributed by atoms with van der Waals surface area (Å²) in [6, 6.07) is 0. The maximum atomic E-state index is 10.6. The Morgan fingerprint density at radius 1 is 1.00 bits per heavy atom. The summed E-state index contributed by atoms with van der Waals surface area (Å²) >= 11 is 0. The van der Waals surface area contributed by atoms with E-state index < -0.39 is 6.10 Å². The molecule has 1 saturated heterocycles. The number of hydrogen-bond acceptors (Lipinski definition) is 4. The SMILES string of the molecule is CC(C)(C)C1CCC(OC[C@H](O)CN2C(C)(C)CC(O)CC2(C)C)CC1. The number of likely N-dealkylation sites (tertiary alicyclic amines) is 1. The predicted molar refractivity (Wildman–Crippen MR) is 107 cm³/mol. The highest BCUT2D eigenvalue weighted by Gasteiger charge is 2.45. The topological polar surface area (TPSA) is 52.9 Å². The molecule has 1 heterocycles. The third-order valence-electron chi connectivity index (χ3n) is 6.75. The zero-order valence-corrected chi connectivity index (χ0v) is 18.2. The van der Waals surface area contributed by atoms with Crippen LogP contribution < -0.4 is 0 Å². The van der Waals surface area contributed by atoms with Crippen LogP contribution in [-0.2, 0) is 4.74 Å². The van der Waals surface area contributed by atoms with E-state index in [1.54, 1.807) is 0 Å². The van der Waals surface area contributed by atoms with Gasteiger partial charge < -0.3 is 14.9 Å². The van der Waals surface area contributed by atoms with E-state index in [0.29, 0.717) is 24.7 Å². The van der Waals surface area contributed by atoms with Crippen molar-refractivity contribution in [2.45, 2.75) is 116 Å². The van der Waals surface area contributed by atoms with Crippen molar-refractivity contribution in [1.29, 1.82) is 0 Å². The van der Waals surface area contributed by atoms with E-state index in [1.165, 1.54) is 12.8 Å². The Kier molecular flexibility index (Phi) is 6.86. The van der Waals surface area contributed by atoms with E-state index in [2.05, 4.69) is 53.4 Å². The molecule has 0 aromatic rings. The highest BCUT2D eigenvalue weighted by atomic mass is 16.5. The molecule has 2 rings (SSSR count). The van der Waals surface area contributed by atoms with Crippen LogP contribution in [0.1, 0.15) is 87.0 Å². The molecule has 1 saturated carbocycles. The largest absolute Gasteiger partial charge is 0.393 e. The first kappa shape index (κ1) is 22.1. The van der Waals surface area contributed by atoms with Crippen LogP contribution in [0, 0.1) is 11.3 Å². The van der Waals surface area contributed by atoms with Crippen molar-refractivity contribution < 1.29 is 14.9 Å². The number of ether oxygens (including phenoxy) is 1. The van der Waals surface area contributed by atoms with Crippen molar-refractivity contribution in [3.8, 4) is 0 Å². The summed E-state index contributed by atoms with van der Waals surface area (Å²) in [5, 5.41) is 20.8. The number of β-amino-alcohol motifs (C(OH)–C–C–N with tert-alkyl or cyclic N) is 1. The van der Waals surface area contributed by atoms with E-state index in [1.807, 2.05) is 0 Å². The molecule has 4 nitrogen and oxygen atoms in total. The summed E-state index contributed by atoms with van der Waals surface area (Å²) in [7, 11) is 0. The minimum Gasteiger partial charge on any atom is -0.393 e. The van der Waals surface area contributed by atoms with Crippen LogP contribution >= 0.6 is 0 Å². The molecule has 1 aliphatic heterocycles. The predicted octanol–water partition coefficient (Wildman–Crippen LogP) is 3.98. The van der Waals surface area contributed by atoms with Gasteiger partial charge in [-0.05, 0) is 77.6 Å². The van der Waals surface area contributed by atoms with Gasteiger partial charge >= 0.3 is 0 Å². The second-order valence-corrected chi connectivity index (χ2v) is 11.1. The Morgan fingerprint density at radius 2 is 1.50 bits per heavy atom. The van der Waals surface area contributed by atoms with E-state index in [0.717, 1.165) is 31.6 Å². The highest BCUT2D eigenvalue weighted by Crippen LogP contribution is 2.39. The summed E-state index contributed by atoms with van der Waals surface area (Å²) in [5.41, 5.74) is 0.153. The Hall–Kier alpha value is -0.160. The Balaban J connectivity index is 1.81. The number of piperidine rings is 1. The van der Waals surface area contributed by atoms with Gasteiger partial charge in [0.15, 0.2) is 0 Å². The van der Waals surface area contributed by atoms with Gasteiger partial charge in [0.1, 0.15) is 0 Å². The summed E-state index contributed by atoms with van der Waals surface area (Å²) in [6.45, 7) is 16.7. The molecule has 2 N–H and O–H groups in total. The molecular weight excluding hydrogens is 326 g/mol. The van der Waals surface area contributed by atoms with Gasteiger partial charge in [-0.1, -0.05) is 20.8 Å². The number of aliphatic hydroxyl groups is 2. The maximum absolute atomic E-state index is 10.6. The molecule has 0 aromatic heterocycles. The third kappa shape index (κ3) is 5.67. The molecule has 4 heteroatoms. The van der Waals surface area contributed by atoms with Crippen molar-refractivity contribution in [1.82, 2.24) is 4.90 Å². The van der Waals surface area contributed by atoms with Crippen molar-refractivity contribution in [3.05, 3.63) is 0 Å². The average molecular weight is 370 g/mol. The van der Waals surface area contributed by atoms with Gasteiger partial charge in [-0.25, -0.2) is 0 Å². The summed E-state index contributed by atoms with van der Waals surface area (Å²) in [4.78, 5) is 2.36. The average Bonchev–Trinajstić information content (AvgIpc) is 2.47. The van der Waals surface area contributed by atoms with Gasteiger partial charge in [-0.15, -0.1) is 0 Å². The number of rotatable bonds is 5. The minimum atomic E-state index is -0.482. The molecule has 0 amide bonds. The van der Waals surface area contributed by atoms with E-state index >= 15 is 0 Å². The third-order valence-corrected chi connectivity index (χ3v) is 6.75. The van der Waals surface area contributed by atoms with Crippen LogP contribution in [0.2, 0.25) is 0 Å². The second-order valence-electron chi connectivity index (χ2n) is 11.1. The lowest BCUT2D eigenvalue weighted by molar-refractivity contribution is -0.111. The molecule has 1 atom stereocenters. The molecule has 0 unspecified atom stereocenters. The molecule has 26 heavy (non-hydrogen) atoms. The fraction of sp³-hybridized carbons (Fsp3) is 1.00. The quantitative estimate of drug-likeness (QED) is 0.769. The van der Waals surface area contributed by atoms with Crippen LogP contribution in [0.15, 0.2) is 0 Å². The fourth-order valence-corrected chi connectivity index (χ4v) is 5.37. The first-order valence-corrected chi connectivity index (χ1v) is 10.6. The van der Waals surface area contributed by atoms with Gasteiger partial charge in [-0.3, -0.25) is 4.90 Å². The number of nitrogens with zero attached hydrogens (tertiary/aromatic N) is 1. The first-order chi connectivity index (χ1) is 11.8. The van der Waals surface area contributed by atoms with Crippen LogP contribution in [-0.4, -0.2) is 57.7 Å². The normalized spacial score (nSPS) is 31.7.